The Kier molecular flexibility index (Phi) is 3.06. The fourth-order valence-corrected chi connectivity index (χ4v) is 2.92. The van der Waals surface area contributed by atoms with E-state index in [4.69, 9.17) is 10.5 Å². The third-order valence-electron chi connectivity index (χ3n) is 3.98. The molecule has 2 aliphatic rings. The van der Waals surface area contributed by atoms with Crippen molar-refractivity contribution in [2.45, 2.75) is 37.8 Å². The van der Waals surface area contributed by atoms with E-state index in [1.807, 2.05) is 12.1 Å². The Morgan fingerprint density at radius 1 is 1.42 bits per heavy atom. The Hall–Kier alpha value is -1.75. The SMILES string of the molecule is COC1CCC(Nc2cc3c(cc2N)CC(=O)N3)C1. The quantitative estimate of drug-likeness (QED) is 0.724. The summed E-state index contributed by atoms with van der Waals surface area (Å²) in [6.07, 6.45) is 3.93. The number of nitrogen functional groups attached to an aromatic ring is 1. The van der Waals surface area contributed by atoms with E-state index >= 15 is 0 Å². The molecule has 1 amide bonds. The van der Waals surface area contributed by atoms with Crippen molar-refractivity contribution in [3.05, 3.63) is 17.7 Å². The van der Waals surface area contributed by atoms with Gasteiger partial charge in [-0.2, -0.15) is 0 Å². The summed E-state index contributed by atoms with van der Waals surface area (Å²) in [7, 11) is 1.76. The van der Waals surface area contributed by atoms with Gasteiger partial charge >= 0.3 is 0 Å². The molecule has 19 heavy (non-hydrogen) atoms. The van der Waals surface area contributed by atoms with Gasteiger partial charge in [-0.05, 0) is 37.0 Å². The number of nitrogens with two attached hydrogens (primary N) is 1. The van der Waals surface area contributed by atoms with Gasteiger partial charge in [0.05, 0.1) is 23.9 Å². The maximum atomic E-state index is 11.4. The van der Waals surface area contributed by atoms with E-state index in [2.05, 4.69) is 10.6 Å². The number of methoxy groups -OCH3 is 1. The third-order valence-corrected chi connectivity index (χ3v) is 3.98. The maximum absolute atomic E-state index is 11.4. The van der Waals surface area contributed by atoms with Gasteiger partial charge in [0.1, 0.15) is 0 Å². The lowest BCUT2D eigenvalue weighted by Gasteiger charge is -2.17. The number of fused-ring (bicyclic) bond motifs is 1. The molecule has 0 spiro atoms. The van der Waals surface area contributed by atoms with Crippen LogP contribution in [0.3, 0.4) is 0 Å². The maximum Gasteiger partial charge on any atom is 0.228 e. The van der Waals surface area contributed by atoms with Gasteiger partial charge < -0.3 is 21.1 Å². The van der Waals surface area contributed by atoms with Crippen LogP contribution in [-0.4, -0.2) is 25.2 Å². The Morgan fingerprint density at radius 2 is 2.26 bits per heavy atom. The van der Waals surface area contributed by atoms with E-state index in [1.54, 1.807) is 7.11 Å². The van der Waals surface area contributed by atoms with Gasteiger partial charge in [-0.3, -0.25) is 4.79 Å². The van der Waals surface area contributed by atoms with E-state index in [-0.39, 0.29) is 5.91 Å². The molecule has 1 heterocycles. The lowest BCUT2D eigenvalue weighted by molar-refractivity contribution is -0.115. The van der Waals surface area contributed by atoms with Gasteiger partial charge in [0.15, 0.2) is 0 Å². The van der Waals surface area contributed by atoms with Crippen LogP contribution in [0.4, 0.5) is 17.1 Å². The first-order chi connectivity index (χ1) is 9.15. The minimum Gasteiger partial charge on any atom is -0.397 e. The van der Waals surface area contributed by atoms with Crippen LogP contribution in [0.25, 0.3) is 0 Å². The molecule has 0 radical (unpaired) electrons. The summed E-state index contributed by atoms with van der Waals surface area (Å²) < 4.78 is 5.37. The molecule has 3 rings (SSSR count). The second kappa shape index (κ2) is 4.74. The minimum absolute atomic E-state index is 0.0341. The van der Waals surface area contributed by atoms with Crippen molar-refractivity contribution in [2.75, 3.05) is 23.5 Å². The molecule has 0 saturated heterocycles. The number of carbonyl (C=O) groups excluding carboxylic acids is 1. The number of nitrogens with one attached hydrogen (secondary N) is 2. The second-order valence-corrected chi connectivity index (χ2v) is 5.33. The smallest absolute Gasteiger partial charge is 0.228 e. The summed E-state index contributed by atoms with van der Waals surface area (Å²) in [5, 5.41) is 6.31. The summed E-state index contributed by atoms with van der Waals surface area (Å²) in [5.41, 5.74) is 9.52. The molecule has 1 saturated carbocycles. The van der Waals surface area contributed by atoms with Gasteiger partial charge in [0.25, 0.3) is 0 Å². The van der Waals surface area contributed by atoms with E-state index in [0.717, 1.165) is 36.2 Å². The summed E-state index contributed by atoms with van der Waals surface area (Å²) in [6, 6.07) is 4.22. The van der Waals surface area contributed by atoms with Crippen LogP contribution < -0.4 is 16.4 Å². The van der Waals surface area contributed by atoms with Crippen LogP contribution >= 0.6 is 0 Å². The molecule has 2 unspecified atom stereocenters. The van der Waals surface area contributed by atoms with Gasteiger partial charge in [0.2, 0.25) is 5.91 Å². The monoisotopic (exact) mass is 261 g/mol. The van der Waals surface area contributed by atoms with Crippen LogP contribution in [0.5, 0.6) is 0 Å². The Balaban J connectivity index is 1.75. The van der Waals surface area contributed by atoms with Gasteiger partial charge in [-0.25, -0.2) is 0 Å². The first kappa shape index (κ1) is 12.3. The number of hydrogen-bond acceptors (Lipinski definition) is 4. The van der Waals surface area contributed by atoms with Crippen LogP contribution in [0.1, 0.15) is 24.8 Å². The number of carbonyl (C=O) groups is 1. The predicted molar refractivity (Wildman–Crippen MR) is 75.2 cm³/mol. The second-order valence-electron chi connectivity index (χ2n) is 5.33. The van der Waals surface area contributed by atoms with Crippen molar-refractivity contribution in [3.8, 4) is 0 Å². The molecule has 4 N–H and O–H groups in total. The molecule has 2 atom stereocenters. The largest absolute Gasteiger partial charge is 0.397 e. The molecule has 1 aromatic rings. The average molecular weight is 261 g/mol. The molecule has 5 heteroatoms. The summed E-state index contributed by atoms with van der Waals surface area (Å²) in [5.74, 6) is 0.0341. The number of anilines is 3. The van der Waals surface area contributed by atoms with Crippen LogP contribution in [0.15, 0.2) is 12.1 Å². The highest BCUT2D eigenvalue weighted by atomic mass is 16.5. The molecular formula is C14H19N3O2. The number of hydrogen-bond donors (Lipinski definition) is 3. The number of amides is 1. The summed E-state index contributed by atoms with van der Waals surface area (Å²) in [4.78, 5) is 11.4. The fraction of sp³-hybridized carbons (Fsp3) is 0.500. The number of ether oxygens (including phenoxy) is 1. The van der Waals surface area contributed by atoms with Crippen molar-refractivity contribution in [1.29, 1.82) is 0 Å². The fourth-order valence-electron chi connectivity index (χ4n) is 2.92. The average Bonchev–Trinajstić information content (AvgIpc) is 2.95. The zero-order valence-electron chi connectivity index (χ0n) is 11.0. The predicted octanol–water partition coefficient (Wildman–Crippen LogP) is 1.74. The van der Waals surface area contributed by atoms with E-state index in [9.17, 15) is 4.79 Å². The standard InChI is InChI=1S/C14H19N3O2/c1-19-10-3-2-9(6-10)16-13-7-12-8(4-11(13)15)5-14(18)17-12/h4,7,9-10,16H,2-3,5-6,15H2,1H3,(H,17,18). The highest BCUT2D eigenvalue weighted by Crippen LogP contribution is 2.33. The van der Waals surface area contributed by atoms with Gasteiger partial charge in [-0.1, -0.05) is 0 Å². The Labute approximate surface area is 112 Å². The lowest BCUT2D eigenvalue weighted by Crippen LogP contribution is -2.18. The third kappa shape index (κ3) is 2.38. The molecule has 0 bridgehead atoms. The topological polar surface area (TPSA) is 76.4 Å². The zero-order valence-corrected chi connectivity index (χ0v) is 11.0. The highest BCUT2D eigenvalue weighted by Gasteiger charge is 2.25. The first-order valence-corrected chi connectivity index (χ1v) is 6.67. The molecule has 1 aliphatic carbocycles. The molecule has 1 fully saturated rings. The highest BCUT2D eigenvalue weighted by molar-refractivity contribution is 6.00. The molecule has 1 aromatic carbocycles. The lowest BCUT2D eigenvalue weighted by atomic mass is 10.1. The molecule has 0 aromatic heterocycles. The molecule has 5 nitrogen and oxygen atoms in total. The normalized spacial score (nSPS) is 25.2. The first-order valence-electron chi connectivity index (χ1n) is 6.67. The number of benzene rings is 1. The molecular weight excluding hydrogens is 242 g/mol. The van der Waals surface area contributed by atoms with Gasteiger partial charge in [-0.15, -0.1) is 0 Å². The van der Waals surface area contributed by atoms with Crippen LogP contribution in [0, 0.1) is 0 Å². The Morgan fingerprint density at radius 3 is 3.00 bits per heavy atom. The summed E-state index contributed by atoms with van der Waals surface area (Å²) in [6.45, 7) is 0. The zero-order chi connectivity index (χ0) is 13.4. The summed E-state index contributed by atoms with van der Waals surface area (Å²) >= 11 is 0. The van der Waals surface area contributed by atoms with Gasteiger partial charge in [0, 0.05) is 18.8 Å². The van der Waals surface area contributed by atoms with E-state index in [1.165, 1.54) is 0 Å². The van der Waals surface area contributed by atoms with Crippen LogP contribution in [-0.2, 0) is 16.0 Å². The molecule has 1 aliphatic heterocycles. The Bertz CT molecular complexity index is 516. The minimum atomic E-state index is 0.0341. The van der Waals surface area contributed by atoms with Crippen molar-refractivity contribution < 1.29 is 9.53 Å². The van der Waals surface area contributed by atoms with Crippen molar-refractivity contribution in [1.82, 2.24) is 0 Å². The van der Waals surface area contributed by atoms with Crippen LogP contribution in [0.2, 0.25) is 0 Å². The van der Waals surface area contributed by atoms with Crippen molar-refractivity contribution >= 4 is 23.0 Å². The van der Waals surface area contributed by atoms with Crippen molar-refractivity contribution in [3.63, 3.8) is 0 Å². The molecule has 102 valence electrons. The number of rotatable bonds is 3. The van der Waals surface area contributed by atoms with E-state index < -0.39 is 0 Å². The van der Waals surface area contributed by atoms with E-state index in [0.29, 0.717) is 24.3 Å². The van der Waals surface area contributed by atoms with Crippen molar-refractivity contribution in [2.24, 2.45) is 0 Å².